The SMILES string of the molecule is CC1CC=Cc2c1n1c3c(cc4c5ccccc5oc4c23)C2(c3ccccc3-c3ccc(-c4ccc(C5=CCNC=C5)cc4)cc32)c2ccccc2-1. The number of para-hydroxylation sites is 2. The molecule has 0 saturated heterocycles. The topological polar surface area (TPSA) is 30.1 Å². The lowest BCUT2D eigenvalue weighted by Crippen LogP contribution is -2.34. The van der Waals surface area contributed by atoms with Crippen LogP contribution in [0.3, 0.4) is 0 Å². The van der Waals surface area contributed by atoms with E-state index in [1.807, 2.05) is 6.20 Å². The maximum atomic E-state index is 6.85. The van der Waals surface area contributed by atoms with Crippen molar-refractivity contribution in [1.82, 2.24) is 9.88 Å². The molecule has 2 aromatic heterocycles. The molecule has 1 N–H and O–H groups in total. The number of aromatic nitrogens is 1. The molecule has 2 aliphatic heterocycles. The number of allylic oxidation sites excluding steroid dienone is 3. The Kier molecular flexibility index (Phi) is 5.54. The molecule has 0 radical (unpaired) electrons. The quantitative estimate of drug-likeness (QED) is 0.199. The van der Waals surface area contributed by atoms with E-state index in [9.17, 15) is 0 Å². The molecule has 6 aromatic carbocycles. The third-order valence-corrected chi connectivity index (χ3v) is 12.3. The Hall–Kier alpha value is -6.32. The zero-order chi connectivity index (χ0) is 34.1. The Bertz CT molecular complexity index is 2950. The molecule has 0 saturated carbocycles. The third kappa shape index (κ3) is 3.46. The van der Waals surface area contributed by atoms with Crippen LogP contribution in [0.25, 0.3) is 72.4 Å². The molecule has 3 heteroatoms. The smallest absolute Gasteiger partial charge is 0.145 e. The Morgan fingerprint density at radius 1 is 0.692 bits per heavy atom. The molecule has 246 valence electrons. The summed E-state index contributed by atoms with van der Waals surface area (Å²) in [6.45, 7) is 3.24. The summed E-state index contributed by atoms with van der Waals surface area (Å²) in [4.78, 5) is 0. The Labute approximate surface area is 301 Å². The lowest BCUT2D eigenvalue weighted by atomic mass is 9.65. The highest BCUT2D eigenvalue weighted by atomic mass is 16.3. The highest BCUT2D eigenvalue weighted by molar-refractivity contribution is 6.20. The summed E-state index contributed by atoms with van der Waals surface area (Å²) in [5, 5.41) is 6.85. The van der Waals surface area contributed by atoms with Crippen molar-refractivity contribution in [3.05, 3.63) is 185 Å². The Morgan fingerprint density at radius 3 is 2.35 bits per heavy atom. The van der Waals surface area contributed by atoms with Crippen LogP contribution in [0.1, 0.15) is 58.3 Å². The van der Waals surface area contributed by atoms with E-state index in [2.05, 4.69) is 162 Å². The summed E-state index contributed by atoms with van der Waals surface area (Å²) in [6.07, 6.45) is 12.2. The van der Waals surface area contributed by atoms with E-state index in [0.717, 1.165) is 29.5 Å². The zero-order valence-corrected chi connectivity index (χ0v) is 28.8. The van der Waals surface area contributed by atoms with Gasteiger partial charge in [-0.15, -0.1) is 0 Å². The molecule has 8 aromatic rings. The van der Waals surface area contributed by atoms with Crippen LogP contribution in [0.15, 0.2) is 150 Å². The summed E-state index contributed by atoms with van der Waals surface area (Å²) < 4.78 is 9.46. The first-order valence-electron chi connectivity index (χ1n) is 18.5. The number of benzene rings is 6. The number of fused-ring (bicyclic) bond motifs is 16. The van der Waals surface area contributed by atoms with E-state index in [1.165, 1.54) is 88.9 Å². The summed E-state index contributed by atoms with van der Waals surface area (Å²) in [6, 6.07) is 45.6. The van der Waals surface area contributed by atoms with Gasteiger partial charge in [0, 0.05) is 34.5 Å². The van der Waals surface area contributed by atoms with Crippen LogP contribution in [-0.2, 0) is 5.41 Å². The van der Waals surface area contributed by atoms with E-state index in [-0.39, 0.29) is 0 Å². The van der Waals surface area contributed by atoms with Gasteiger partial charge < -0.3 is 14.3 Å². The van der Waals surface area contributed by atoms with Gasteiger partial charge in [0.05, 0.1) is 22.0 Å². The fourth-order valence-corrected chi connectivity index (χ4v) is 10.1. The van der Waals surface area contributed by atoms with Gasteiger partial charge in [0.15, 0.2) is 0 Å². The van der Waals surface area contributed by atoms with Crippen molar-refractivity contribution in [2.45, 2.75) is 24.7 Å². The van der Waals surface area contributed by atoms with Gasteiger partial charge in [-0.2, -0.15) is 0 Å². The van der Waals surface area contributed by atoms with Crippen molar-refractivity contribution in [2.24, 2.45) is 0 Å². The van der Waals surface area contributed by atoms with Crippen molar-refractivity contribution < 1.29 is 4.42 Å². The monoisotopic (exact) mass is 666 g/mol. The zero-order valence-electron chi connectivity index (χ0n) is 28.8. The molecule has 0 bridgehead atoms. The van der Waals surface area contributed by atoms with Crippen LogP contribution in [0.5, 0.6) is 0 Å². The Balaban J connectivity index is 1.22. The molecule has 12 rings (SSSR count). The average Bonchev–Trinajstić information content (AvgIpc) is 3.85. The maximum Gasteiger partial charge on any atom is 0.145 e. The van der Waals surface area contributed by atoms with Crippen LogP contribution in [0.2, 0.25) is 0 Å². The largest absolute Gasteiger partial charge is 0.455 e. The molecule has 0 amide bonds. The van der Waals surface area contributed by atoms with Crippen LogP contribution < -0.4 is 5.32 Å². The summed E-state index contributed by atoms with van der Waals surface area (Å²) in [5.41, 5.74) is 19.5. The average molecular weight is 667 g/mol. The van der Waals surface area contributed by atoms with Gasteiger partial charge in [-0.3, -0.25) is 0 Å². The van der Waals surface area contributed by atoms with Crippen molar-refractivity contribution >= 4 is 44.5 Å². The Morgan fingerprint density at radius 2 is 1.46 bits per heavy atom. The molecule has 4 aliphatic rings. The van der Waals surface area contributed by atoms with Gasteiger partial charge in [-0.05, 0) is 98.6 Å². The van der Waals surface area contributed by atoms with Crippen LogP contribution in [0, 0.1) is 0 Å². The molecule has 1 spiro atoms. The predicted molar refractivity (Wildman–Crippen MR) is 214 cm³/mol. The van der Waals surface area contributed by atoms with Crippen LogP contribution in [0.4, 0.5) is 0 Å². The first-order chi connectivity index (χ1) is 25.7. The van der Waals surface area contributed by atoms with E-state index in [1.54, 1.807) is 0 Å². The third-order valence-electron chi connectivity index (χ3n) is 12.3. The van der Waals surface area contributed by atoms with E-state index in [4.69, 9.17) is 4.42 Å². The van der Waals surface area contributed by atoms with Gasteiger partial charge in [-0.1, -0.05) is 122 Å². The molecule has 0 fully saturated rings. The predicted octanol–water partition coefficient (Wildman–Crippen LogP) is 11.9. The molecule has 2 unspecified atom stereocenters. The highest BCUT2D eigenvalue weighted by Crippen LogP contribution is 2.63. The molecule has 2 aliphatic carbocycles. The molecule has 2 atom stereocenters. The first kappa shape index (κ1) is 28.4. The van der Waals surface area contributed by atoms with Crippen molar-refractivity contribution in [3.8, 4) is 27.9 Å². The van der Waals surface area contributed by atoms with E-state index in [0.29, 0.717) is 5.92 Å². The van der Waals surface area contributed by atoms with Gasteiger partial charge in [0.1, 0.15) is 11.2 Å². The number of hydrogen-bond acceptors (Lipinski definition) is 2. The highest BCUT2D eigenvalue weighted by Gasteiger charge is 2.52. The molecule has 3 nitrogen and oxygen atoms in total. The number of hydrogen-bond donors (Lipinski definition) is 1. The second-order valence-electron chi connectivity index (χ2n) is 14.8. The summed E-state index contributed by atoms with van der Waals surface area (Å²) >= 11 is 0. The second kappa shape index (κ2) is 10.1. The van der Waals surface area contributed by atoms with E-state index < -0.39 is 5.41 Å². The second-order valence-corrected chi connectivity index (χ2v) is 14.8. The fourth-order valence-electron chi connectivity index (χ4n) is 10.1. The van der Waals surface area contributed by atoms with Crippen molar-refractivity contribution in [3.63, 3.8) is 0 Å². The van der Waals surface area contributed by atoms with Crippen LogP contribution >= 0.6 is 0 Å². The van der Waals surface area contributed by atoms with Gasteiger partial charge >= 0.3 is 0 Å². The maximum absolute atomic E-state index is 6.85. The number of nitrogens with zero attached hydrogens (tertiary/aromatic N) is 1. The van der Waals surface area contributed by atoms with Crippen molar-refractivity contribution in [1.29, 1.82) is 0 Å². The number of furan rings is 1. The standard InChI is InChI=1S/C49H34N2O/c1-29-9-8-12-37-45-47-42(28-38-36-11-3-7-16-44(36)52-48(38)45)49(40-14-5-6-15-43(40)51(47)46(29)37)39-13-4-2-10-34(39)35-22-21-33(27-41(35)49)31-19-17-30(18-20-31)32-23-25-50-26-24-32/h2-8,10-25,27-29,50H,9,26H2,1H3. The van der Waals surface area contributed by atoms with Crippen LogP contribution in [-0.4, -0.2) is 11.1 Å². The summed E-state index contributed by atoms with van der Waals surface area (Å²) in [5.74, 6) is 0.371. The normalized spacial score (nSPS) is 19.1. The molecule has 52 heavy (non-hydrogen) atoms. The first-order valence-corrected chi connectivity index (χ1v) is 18.5. The minimum atomic E-state index is -0.530. The number of dihydropyridines is 1. The fraction of sp³-hybridized carbons (Fsp3) is 0.102. The minimum Gasteiger partial charge on any atom is -0.455 e. The van der Waals surface area contributed by atoms with Gasteiger partial charge in [-0.25, -0.2) is 0 Å². The molecular formula is C49H34N2O. The van der Waals surface area contributed by atoms with Gasteiger partial charge in [0.2, 0.25) is 0 Å². The molecular weight excluding hydrogens is 633 g/mol. The van der Waals surface area contributed by atoms with Crippen molar-refractivity contribution in [2.75, 3.05) is 6.54 Å². The van der Waals surface area contributed by atoms with E-state index >= 15 is 0 Å². The minimum absolute atomic E-state index is 0.371. The summed E-state index contributed by atoms with van der Waals surface area (Å²) in [7, 11) is 0. The lowest BCUT2D eigenvalue weighted by molar-refractivity contribution is 0.672. The number of rotatable bonds is 2. The van der Waals surface area contributed by atoms with Gasteiger partial charge in [0.25, 0.3) is 0 Å². The molecule has 4 heterocycles. The number of nitrogens with one attached hydrogen (secondary N) is 1. The lowest BCUT2D eigenvalue weighted by Gasteiger charge is -2.40.